The lowest BCUT2D eigenvalue weighted by Crippen LogP contribution is -2.41. The first kappa shape index (κ1) is 20.0. The van der Waals surface area contributed by atoms with Crippen LogP contribution >= 0.6 is 27.7 Å². The molecule has 23 heavy (non-hydrogen) atoms. The Morgan fingerprint density at radius 3 is 2.35 bits per heavy atom. The summed E-state index contributed by atoms with van der Waals surface area (Å²) in [7, 11) is 3.42. The lowest BCUT2D eigenvalue weighted by Gasteiger charge is -2.23. The third kappa shape index (κ3) is 6.18. The zero-order valence-corrected chi connectivity index (χ0v) is 16.9. The minimum absolute atomic E-state index is 0.00650. The highest BCUT2D eigenvalue weighted by Crippen LogP contribution is 2.28. The molecule has 0 radical (unpaired) electrons. The summed E-state index contributed by atoms with van der Waals surface area (Å²) in [6, 6.07) is 4.16. The predicted octanol–water partition coefficient (Wildman–Crippen LogP) is 3.48. The van der Waals surface area contributed by atoms with E-state index >= 15 is 0 Å². The number of rotatable bonds is 7. The van der Waals surface area contributed by atoms with Gasteiger partial charge in [0.1, 0.15) is 0 Å². The molecule has 0 aliphatic rings. The highest BCUT2D eigenvalue weighted by Gasteiger charge is 2.18. The first-order chi connectivity index (χ1) is 10.8. The molecule has 128 valence electrons. The number of amides is 2. The maximum Gasteiger partial charge on any atom is 0.241 e. The second-order valence-corrected chi connectivity index (χ2v) is 7.63. The Labute approximate surface area is 151 Å². The van der Waals surface area contributed by atoms with Gasteiger partial charge in [0.2, 0.25) is 11.8 Å². The second-order valence-electron chi connectivity index (χ2n) is 5.76. The van der Waals surface area contributed by atoms with E-state index in [1.165, 1.54) is 16.7 Å². The predicted molar refractivity (Wildman–Crippen MR) is 99.9 cm³/mol. The van der Waals surface area contributed by atoms with Crippen LogP contribution in [0.4, 0.5) is 0 Å². The third-order valence-corrected chi connectivity index (χ3v) is 5.47. The number of carbonyl (C=O) groups is 2. The number of nitrogens with zero attached hydrogens (tertiary/aromatic N) is 2. The lowest BCUT2D eigenvalue weighted by molar-refractivity contribution is -0.137. The zero-order chi connectivity index (χ0) is 17.6. The molecule has 0 N–H and O–H groups in total. The molecule has 0 aliphatic carbocycles. The van der Waals surface area contributed by atoms with Crippen molar-refractivity contribution in [3.05, 3.63) is 27.7 Å². The normalized spacial score (nSPS) is 10.5. The van der Waals surface area contributed by atoms with Crippen LogP contribution < -0.4 is 0 Å². The van der Waals surface area contributed by atoms with Gasteiger partial charge in [-0.2, -0.15) is 0 Å². The molecule has 0 aliphatic heterocycles. The SMILES string of the molecule is CCCN(CC(=O)N(C)C)C(=O)CSc1cc(C)c(Br)cc1C. The van der Waals surface area contributed by atoms with Crippen molar-refractivity contribution in [2.24, 2.45) is 0 Å². The molecule has 1 rings (SSSR count). The average Bonchev–Trinajstić information content (AvgIpc) is 2.48. The van der Waals surface area contributed by atoms with E-state index in [1.807, 2.05) is 20.8 Å². The Morgan fingerprint density at radius 2 is 1.78 bits per heavy atom. The van der Waals surface area contributed by atoms with Crippen LogP contribution in [0.25, 0.3) is 0 Å². The van der Waals surface area contributed by atoms with Crippen molar-refractivity contribution in [2.75, 3.05) is 32.9 Å². The van der Waals surface area contributed by atoms with Gasteiger partial charge in [-0.25, -0.2) is 0 Å². The van der Waals surface area contributed by atoms with Gasteiger partial charge in [-0.15, -0.1) is 11.8 Å². The summed E-state index contributed by atoms with van der Waals surface area (Å²) in [6.07, 6.45) is 0.841. The van der Waals surface area contributed by atoms with Gasteiger partial charge in [0.15, 0.2) is 0 Å². The van der Waals surface area contributed by atoms with Crippen LogP contribution in [0.3, 0.4) is 0 Å². The Balaban J connectivity index is 2.72. The van der Waals surface area contributed by atoms with Crippen LogP contribution in [-0.4, -0.2) is 54.6 Å². The van der Waals surface area contributed by atoms with E-state index in [9.17, 15) is 9.59 Å². The van der Waals surface area contributed by atoms with E-state index in [0.717, 1.165) is 26.9 Å². The molecule has 0 aromatic heterocycles. The minimum Gasteiger partial charge on any atom is -0.347 e. The van der Waals surface area contributed by atoms with Gasteiger partial charge in [0, 0.05) is 30.0 Å². The Kier molecular flexibility index (Phi) is 8.12. The molecule has 1 aromatic carbocycles. The monoisotopic (exact) mass is 400 g/mol. The fourth-order valence-electron chi connectivity index (χ4n) is 2.01. The van der Waals surface area contributed by atoms with E-state index < -0.39 is 0 Å². The summed E-state index contributed by atoms with van der Waals surface area (Å²) in [5, 5.41) is 0. The maximum atomic E-state index is 12.5. The minimum atomic E-state index is -0.0486. The molecule has 0 unspecified atom stereocenters. The highest BCUT2D eigenvalue weighted by molar-refractivity contribution is 9.10. The van der Waals surface area contributed by atoms with Gasteiger partial charge >= 0.3 is 0 Å². The number of hydrogen-bond donors (Lipinski definition) is 0. The Morgan fingerprint density at radius 1 is 1.13 bits per heavy atom. The summed E-state index contributed by atoms with van der Waals surface area (Å²) in [5.41, 5.74) is 2.30. The molecular formula is C17H25BrN2O2S. The van der Waals surface area contributed by atoms with Gasteiger partial charge in [0.25, 0.3) is 0 Å². The summed E-state index contributed by atoms with van der Waals surface area (Å²) in [5.74, 6) is 0.308. The first-order valence-corrected chi connectivity index (χ1v) is 9.41. The lowest BCUT2D eigenvalue weighted by atomic mass is 10.2. The van der Waals surface area contributed by atoms with Crippen LogP contribution in [0.2, 0.25) is 0 Å². The molecule has 0 spiro atoms. The highest BCUT2D eigenvalue weighted by atomic mass is 79.9. The van der Waals surface area contributed by atoms with Crippen molar-refractivity contribution in [3.63, 3.8) is 0 Å². The van der Waals surface area contributed by atoms with E-state index in [0.29, 0.717) is 12.3 Å². The fourth-order valence-corrected chi connectivity index (χ4v) is 3.47. The first-order valence-electron chi connectivity index (χ1n) is 7.63. The number of carbonyl (C=O) groups excluding carboxylic acids is 2. The van der Waals surface area contributed by atoms with Gasteiger partial charge < -0.3 is 9.80 Å². The number of halogens is 1. The van der Waals surface area contributed by atoms with E-state index in [4.69, 9.17) is 0 Å². The molecule has 6 heteroatoms. The number of benzene rings is 1. The largest absolute Gasteiger partial charge is 0.347 e. The number of thioether (sulfide) groups is 1. The summed E-state index contributed by atoms with van der Waals surface area (Å²) in [4.78, 5) is 28.6. The van der Waals surface area contributed by atoms with Crippen molar-refractivity contribution in [1.82, 2.24) is 9.80 Å². The van der Waals surface area contributed by atoms with Crippen molar-refractivity contribution in [1.29, 1.82) is 0 Å². The molecule has 0 saturated carbocycles. The van der Waals surface area contributed by atoms with Gasteiger partial charge in [-0.3, -0.25) is 9.59 Å². The molecule has 0 saturated heterocycles. The number of aryl methyl sites for hydroxylation is 2. The van der Waals surface area contributed by atoms with Crippen molar-refractivity contribution < 1.29 is 9.59 Å². The van der Waals surface area contributed by atoms with Crippen LogP contribution in [0, 0.1) is 13.8 Å². The summed E-state index contributed by atoms with van der Waals surface area (Å²) >= 11 is 5.05. The van der Waals surface area contributed by atoms with Crippen LogP contribution in [0.15, 0.2) is 21.5 Å². The summed E-state index contributed by atoms with van der Waals surface area (Å²) < 4.78 is 1.08. The Hall–Kier alpha value is -1.01. The average molecular weight is 401 g/mol. The van der Waals surface area contributed by atoms with Gasteiger partial charge in [-0.05, 0) is 43.5 Å². The van der Waals surface area contributed by atoms with Crippen LogP contribution in [0.1, 0.15) is 24.5 Å². The smallest absolute Gasteiger partial charge is 0.241 e. The number of likely N-dealkylation sites (N-methyl/N-ethyl adjacent to an activating group) is 1. The van der Waals surface area contributed by atoms with Gasteiger partial charge in [0.05, 0.1) is 12.3 Å². The van der Waals surface area contributed by atoms with Crippen molar-refractivity contribution in [2.45, 2.75) is 32.1 Å². The quantitative estimate of drug-likeness (QED) is 0.657. The maximum absolute atomic E-state index is 12.5. The van der Waals surface area contributed by atoms with Crippen molar-refractivity contribution >= 4 is 39.5 Å². The molecule has 4 nitrogen and oxygen atoms in total. The van der Waals surface area contributed by atoms with E-state index in [2.05, 4.69) is 28.1 Å². The molecule has 2 amide bonds. The fraction of sp³-hybridized carbons (Fsp3) is 0.529. The van der Waals surface area contributed by atoms with E-state index in [-0.39, 0.29) is 18.4 Å². The van der Waals surface area contributed by atoms with Gasteiger partial charge in [-0.1, -0.05) is 22.9 Å². The molecule has 0 fully saturated rings. The summed E-state index contributed by atoms with van der Waals surface area (Å²) in [6.45, 7) is 6.84. The molecule has 1 aromatic rings. The number of hydrogen-bond acceptors (Lipinski definition) is 3. The third-order valence-electron chi connectivity index (χ3n) is 3.48. The van der Waals surface area contributed by atoms with Crippen LogP contribution in [0.5, 0.6) is 0 Å². The Bertz CT molecular complexity index is 576. The van der Waals surface area contributed by atoms with Crippen molar-refractivity contribution in [3.8, 4) is 0 Å². The standard InChI is InChI=1S/C17H25BrN2O2S/c1-6-7-20(10-16(21)19(4)5)17(22)11-23-15-9-12(2)14(18)8-13(15)3/h8-9H,6-7,10-11H2,1-5H3. The molecular weight excluding hydrogens is 376 g/mol. The molecule has 0 atom stereocenters. The van der Waals surface area contributed by atoms with E-state index in [1.54, 1.807) is 19.0 Å². The topological polar surface area (TPSA) is 40.6 Å². The second kappa shape index (κ2) is 9.33. The molecule has 0 heterocycles. The molecule has 0 bridgehead atoms. The van der Waals surface area contributed by atoms with Crippen LogP contribution in [-0.2, 0) is 9.59 Å². The zero-order valence-electron chi connectivity index (χ0n) is 14.5.